The van der Waals surface area contributed by atoms with Crippen molar-refractivity contribution < 1.29 is 19.2 Å². The van der Waals surface area contributed by atoms with Crippen LogP contribution in [0.1, 0.15) is 11.3 Å². The van der Waals surface area contributed by atoms with Crippen LogP contribution in [0.4, 0.5) is 4.79 Å². The third-order valence-corrected chi connectivity index (χ3v) is 2.25. The molecule has 0 spiro atoms. The lowest BCUT2D eigenvalue weighted by Gasteiger charge is -2.23. The number of carbonyl (C=O) groups is 1. The molecule has 0 saturated heterocycles. The summed E-state index contributed by atoms with van der Waals surface area (Å²) >= 11 is 0. The molecule has 6 nitrogen and oxygen atoms in total. The molecule has 1 aromatic rings. The van der Waals surface area contributed by atoms with Crippen molar-refractivity contribution in [1.29, 1.82) is 0 Å². The maximum Gasteiger partial charge on any atom is 0.409 e. The summed E-state index contributed by atoms with van der Waals surface area (Å²) in [5, 5.41) is 12.7. The zero-order valence-electron chi connectivity index (χ0n) is 7.69. The first-order chi connectivity index (χ1) is 6.72. The minimum Gasteiger partial charge on any atom is -0.491 e. The third kappa shape index (κ3) is 1.28. The molecule has 76 valence electrons. The number of nitrogens with zero attached hydrogens (tertiary/aromatic N) is 2. The number of hydrogen-bond acceptors (Lipinski definition) is 5. The summed E-state index contributed by atoms with van der Waals surface area (Å²) in [5.74, 6) is 0.448. The predicted molar refractivity (Wildman–Crippen MR) is 44.7 cm³/mol. The van der Waals surface area contributed by atoms with E-state index in [1.165, 1.54) is 12.0 Å². The fourth-order valence-corrected chi connectivity index (χ4v) is 1.49. The Labute approximate surface area is 80.0 Å². The molecule has 0 aromatic carbocycles. The molecule has 2 heterocycles. The lowest BCUT2D eigenvalue weighted by atomic mass is 10.1. The number of rotatable bonds is 0. The van der Waals surface area contributed by atoms with Gasteiger partial charge in [-0.05, 0) is 11.6 Å². The van der Waals surface area contributed by atoms with E-state index in [9.17, 15) is 9.90 Å². The Morgan fingerprint density at radius 3 is 3.21 bits per heavy atom. The van der Waals surface area contributed by atoms with Crippen molar-refractivity contribution in [2.75, 3.05) is 13.7 Å². The van der Waals surface area contributed by atoms with Gasteiger partial charge < -0.3 is 19.3 Å². The van der Waals surface area contributed by atoms with E-state index >= 15 is 0 Å². The van der Waals surface area contributed by atoms with Gasteiger partial charge in [0.2, 0.25) is 0 Å². The average Bonchev–Trinajstić information content (AvgIpc) is 2.59. The third-order valence-electron chi connectivity index (χ3n) is 2.25. The molecule has 0 fully saturated rings. The van der Waals surface area contributed by atoms with Crippen LogP contribution in [0, 0.1) is 0 Å². The smallest absolute Gasteiger partial charge is 0.409 e. The Morgan fingerprint density at radius 1 is 1.71 bits per heavy atom. The van der Waals surface area contributed by atoms with E-state index in [4.69, 9.17) is 4.52 Å². The number of aromatic hydroxyl groups is 1. The maximum atomic E-state index is 11.2. The molecular weight excluding hydrogens is 188 g/mol. The summed E-state index contributed by atoms with van der Waals surface area (Å²) in [6.45, 7) is 0.810. The molecule has 1 amide bonds. The van der Waals surface area contributed by atoms with Gasteiger partial charge in [-0.15, -0.1) is 0 Å². The first kappa shape index (κ1) is 8.86. The van der Waals surface area contributed by atoms with Crippen LogP contribution in [0.5, 0.6) is 5.88 Å². The SMILES string of the molecule is COC(=O)N1CCc2c(O)noc2C1. The van der Waals surface area contributed by atoms with Crippen LogP contribution in [0.15, 0.2) is 4.52 Å². The van der Waals surface area contributed by atoms with Crippen LogP contribution in [-0.4, -0.2) is 34.9 Å². The second-order valence-electron chi connectivity index (χ2n) is 3.05. The molecule has 1 aromatic heterocycles. The van der Waals surface area contributed by atoms with Crippen LogP contribution in [0.2, 0.25) is 0 Å². The fourth-order valence-electron chi connectivity index (χ4n) is 1.49. The summed E-state index contributed by atoms with van der Waals surface area (Å²) in [5.41, 5.74) is 0.685. The van der Waals surface area contributed by atoms with Crippen LogP contribution < -0.4 is 0 Å². The molecule has 6 heteroatoms. The van der Waals surface area contributed by atoms with E-state index in [-0.39, 0.29) is 5.88 Å². The highest BCUT2D eigenvalue weighted by atomic mass is 16.5. The first-order valence-electron chi connectivity index (χ1n) is 4.21. The molecule has 0 radical (unpaired) electrons. The minimum absolute atomic E-state index is 0.0792. The van der Waals surface area contributed by atoms with Crippen molar-refractivity contribution in [3.05, 3.63) is 11.3 Å². The highest BCUT2D eigenvalue weighted by Crippen LogP contribution is 2.26. The van der Waals surface area contributed by atoms with Gasteiger partial charge in [0.15, 0.2) is 5.76 Å². The van der Waals surface area contributed by atoms with Gasteiger partial charge >= 0.3 is 6.09 Å². The zero-order valence-corrected chi connectivity index (χ0v) is 7.69. The summed E-state index contributed by atoms with van der Waals surface area (Å²) in [7, 11) is 1.33. The van der Waals surface area contributed by atoms with Crippen LogP contribution >= 0.6 is 0 Å². The quantitative estimate of drug-likeness (QED) is 0.657. The molecule has 0 atom stereocenters. The molecule has 14 heavy (non-hydrogen) atoms. The van der Waals surface area contributed by atoms with Gasteiger partial charge in [0.25, 0.3) is 5.88 Å². The summed E-state index contributed by atoms with van der Waals surface area (Å²) < 4.78 is 9.44. The normalized spacial score (nSPS) is 15.1. The molecule has 1 aliphatic rings. The summed E-state index contributed by atoms with van der Waals surface area (Å²) in [6, 6.07) is 0. The van der Waals surface area contributed by atoms with Crippen molar-refractivity contribution in [2.24, 2.45) is 0 Å². The monoisotopic (exact) mass is 198 g/mol. The second-order valence-corrected chi connectivity index (χ2v) is 3.05. The van der Waals surface area contributed by atoms with Crippen LogP contribution in [-0.2, 0) is 17.7 Å². The van der Waals surface area contributed by atoms with Crippen molar-refractivity contribution in [2.45, 2.75) is 13.0 Å². The molecule has 0 bridgehead atoms. The van der Waals surface area contributed by atoms with Gasteiger partial charge in [0, 0.05) is 6.54 Å². The van der Waals surface area contributed by atoms with Crippen LogP contribution in [0.25, 0.3) is 0 Å². The lowest BCUT2D eigenvalue weighted by Crippen LogP contribution is -2.35. The van der Waals surface area contributed by atoms with Crippen molar-refractivity contribution >= 4 is 6.09 Å². The topological polar surface area (TPSA) is 75.8 Å². The van der Waals surface area contributed by atoms with Crippen LogP contribution in [0.3, 0.4) is 0 Å². The summed E-state index contributed by atoms with van der Waals surface area (Å²) in [4.78, 5) is 12.7. The van der Waals surface area contributed by atoms with Gasteiger partial charge in [-0.1, -0.05) is 0 Å². The number of hydrogen-bond donors (Lipinski definition) is 1. The van der Waals surface area contributed by atoms with Crippen molar-refractivity contribution in [3.63, 3.8) is 0 Å². The van der Waals surface area contributed by atoms with E-state index in [2.05, 4.69) is 9.89 Å². The van der Waals surface area contributed by atoms with E-state index in [0.29, 0.717) is 30.8 Å². The van der Waals surface area contributed by atoms with Crippen molar-refractivity contribution in [1.82, 2.24) is 10.1 Å². The Bertz CT molecular complexity index is 360. The standard InChI is InChI=1S/C8H10N2O4/c1-13-8(12)10-3-2-5-6(4-10)14-9-7(5)11/h2-4H2,1H3,(H,9,11). The Hall–Kier alpha value is -1.72. The number of methoxy groups -OCH3 is 1. The van der Waals surface area contributed by atoms with Gasteiger partial charge in [-0.25, -0.2) is 4.79 Å². The highest BCUT2D eigenvalue weighted by molar-refractivity contribution is 5.67. The molecule has 2 rings (SSSR count). The van der Waals surface area contributed by atoms with E-state index in [0.717, 1.165) is 0 Å². The maximum absolute atomic E-state index is 11.2. The van der Waals surface area contributed by atoms with Gasteiger partial charge in [0.1, 0.15) is 0 Å². The number of fused-ring (bicyclic) bond motifs is 1. The minimum atomic E-state index is -0.397. The van der Waals surface area contributed by atoms with Gasteiger partial charge in [-0.2, -0.15) is 0 Å². The molecule has 1 aliphatic heterocycles. The fraction of sp³-hybridized carbons (Fsp3) is 0.500. The average molecular weight is 198 g/mol. The Balaban J connectivity index is 2.18. The Morgan fingerprint density at radius 2 is 2.50 bits per heavy atom. The lowest BCUT2D eigenvalue weighted by molar-refractivity contribution is 0.113. The molecule has 0 saturated carbocycles. The molecule has 1 N–H and O–H groups in total. The largest absolute Gasteiger partial charge is 0.491 e. The van der Waals surface area contributed by atoms with Gasteiger partial charge in [-0.3, -0.25) is 0 Å². The molecule has 0 unspecified atom stereocenters. The number of amides is 1. The number of carbonyl (C=O) groups excluding carboxylic acids is 1. The number of ether oxygens (including phenoxy) is 1. The second kappa shape index (κ2) is 3.21. The molecular formula is C8H10N2O4. The predicted octanol–water partition coefficient (Wildman–Crippen LogP) is 0.505. The molecule has 0 aliphatic carbocycles. The summed E-state index contributed by atoms with van der Waals surface area (Å²) in [6.07, 6.45) is 0.145. The number of aromatic nitrogens is 1. The van der Waals surface area contributed by atoms with Gasteiger partial charge in [0.05, 0.1) is 19.2 Å². The van der Waals surface area contributed by atoms with Crippen molar-refractivity contribution in [3.8, 4) is 5.88 Å². The zero-order chi connectivity index (χ0) is 10.1. The van der Waals surface area contributed by atoms with E-state index in [1.54, 1.807) is 0 Å². The van der Waals surface area contributed by atoms with E-state index < -0.39 is 6.09 Å². The Kier molecular flexibility index (Phi) is 2.03. The highest BCUT2D eigenvalue weighted by Gasteiger charge is 2.27. The first-order valence-corrected chi connectivity index (χ1v) is 4.21. The van der Waals surface area contributed by atoms with E-state index in [1.807, 2.05) is 0 Å².